The smallest absolute Gasteiger partial charge is 0.223 e. The second-order valence-electron chi connectivity index (χ2n) is 6.31. The molecular weight excluding hydrogens is 323 g/mol. The van der Waals surface area contributed by atoms with Crippen molar-refractivity contribution in [2.75, 3.05) is 6.61 Å². The van der Waals surface area contributed by atoms with E-state index in [2.05, 4.69) is 10.3 Å². The van der Waals surface area contributed by atoms with Gasteiger partial charge in [-0.05, 0) is 48.1 Å². The zero-order valence-corrected chi connectivity index (χ0v) is 13.8. The van der Waals surface area contributed by atoms with Crippen molar-refractivity contribution in [1.29, 1.82) is 0 Å². The predicted molar refractivity (Wildman–Crippen MR) is 90.3 cm³/mol. The maximum Gasteiger partial charge on any atom is 0.223 e. The van der Waals surface area contributed by atoms with Crippen molar-refractivity contribution < 1.29 is 19.0 Å². The highest BCUT2D eigenvalue weighted by Crippen LogP contribution is 2.29. The maximum atomic E-state index is 13.2. The highest BCUT2D eigenvalue weighted by molar-refractivity contribution is 5.76. The van der Waals surface area contributed by atoms with E-state index >= 15 is 0 Å². The Morgan fingerprint density at radius 2 is 2.20 bits per heavy atom. The molecule has 2 N–H and O–H groups in total. The van der Waals surface area contributed by atoms with E-state index in [9.17, 15) is 14.3 Å². The molecule has 0 aliphatic heterocycles. The number of hydrogen-bond acceptors (Lipinski definition) is 4. The first-order valence-electron chi connectivity index (χ1n) is 8.38. The molecule has 0 bridgehead atoms. The van der Waals surface area contributed by atoms with E-state index in [0.29, 0.717) is 30.5 Å². The number of aromatic nitrogens is 1. The fourth-order valence-corrected chi connectivity index (χ4v) is 2.41. The van der Waals surface area contributed by atoms with E-state index in [-0.39, 0.29) is 12.3 Å². The number of nitrogens with zero attached hydrogens (tertiary/aromatic N) is 1. The zero-order chi connectivity index (χ0) is 17.6. The van der Waals surface area contributed by atoms with Crippen LogP contribution < -0.4 is 10.1 Å². The Morgan fingerprint density at radius 3 is 2.96 bits per heavy atom. The fraction of sp³-hybridized carbons (Fsp3) is 0.368. The van der Waals surface area contributed by atoms with Gasteiger partial charge in [0.25, 0.3) is 0 Å². The van der Waals surface area contributed by atoms with Crippen LogP contribution in [0.25, 0.3) is 0 Å². The highest BCUT2D eigenvalue weighted by Gasteiger charge is 2.22. The lowest BCUT2D eigenvalue weighted by atomic mass is 10.1. The number of nitrogens with one attached hydrogen (secondary N) is 1. The van der Waals surface area contributed by atoms with E-state index in [1.165, 1.54) is 31.0 Å². The van der Waals surface area contributed by atoms with Gasteiger partial charge >= 0.3 is 0 Å². The third-order valence-electron chi connectivity index (χ3n) is 4.06. The minimum atomic E-state index is -1.04. The van der Waals surface area contributed by atoms with Gasteiger partial charge < -0.3 is 15.2 Å². The molecule has 0 spiro atoms. The summed E-state index contributed by atoms with van der Waals surface area (Å²) in [7, 11) is 0. The van der Waals surface area contributed by atoms with Crippen LogP contribution in [-0.2, 0) is 11.3 Å². The number of pyridine rings is 1. The molecule has 2 aromatic rings. The summed E-state index contributed by atoms with van der Waals surface area (Å²) < 4.78 is 18.8. The number of aliphatic hydroxyl groups is 1. The minimum absolute atomic E-state index is 0.125. The number of ether oxygens (including phenoxy) is 1. The number of aliphatic hydroxyl groups excluding tert-OH is 1. The summed E-state index contributed by atoms with van der Waals surface area (Å²) in [6.45, 7) is 1.000. The van der Waals surface area contributed by atoms with Crippen LogP contribution >= 0.6 is 0 Å². The van der Waals surface area contributed by atoms with Crippen molar-refractivity contribution in [3.05, 3.63) is 59.5 Å². The Bertz CT molecular complexity index is 734. The molecule has 1 aromatic heterocycles. The third kappa shape index (κ3) is 5.53. The van der Waals surface area contributed by atoms with Gasteiger partial charge in [-0.15, -0.1) is 0 Å². The maximum absolute atomic E-state index is 13.2. The van der Waals surface area contributed by atoms with Gasteiger partial charge in [-0.2, -0.15) is 0 Å². The van der Waals surface area contributed by atoms with Crippen LogP contribution in [0.15, 0.2) is 42.6 Å². The standard InChI is InChI=1S/C19H21FN2O3/c20-16-3-1-2-15(9-16)17(23)10-18(24)22-11-14-6-7-21-19(8-14)25-12-13-4-5-13/h1-3,6-9,13,17,23H,4-5,10-12H2,(H,22,24). The lowest BCUT2D eigenvalue weighted by Crippen LogP contribution is -2.24. The predicted octanol–water partition coefficient (Wildman–Crippen LogP) is 2.75. The summed E-state index contributed by atoms with van der Waals surface area (Å²) in [4.78, 5) is 16.1. The van der Waals surface area contributed by atoms with Gasteiger partial charge in [0.2, 0.25) is 11.8 Å². The van der Waals surface area contributed by atoms with Crippen LogP contribution in [0, 0.1) is 11.7 Å². The van der Waals surface area contributed by atoms with Gasteiger partial charge in [-0.3, -0.25) is 4.79 Å². The molecule has 5 nitrogen and oxygen atoms in total. The molecule has 1 aliphatic carbocycles. The molecule has 1 heterocycles. The van der Waals surface area contributed by atoms with Gasteiger partial charge in [0.15, 0.2) is 0 Å². The average molecular weight is 344 g/mol. The molecule has 1 atom stereocenters. The second-order valence-corrected chi connectivity index (χ2v) is 6.31. The number of carbonyl (C=O) groups excluding carboxylic acids is 1. The molecule has 1 aromatic carbocycles. The van der Waals surface area contributed by atoms with E-state index in [1.54, 1.807) is 24.4 Å². The van der Waals surface area contributed by atoms with E-state index in [0.717, 1.165) is 5.56 Å². The molecule has 6 heteroatoms. The molecule has 1 aliphatic rings. The SMILES string of the molecule is O=C(CC(O)c1cccc(F)c1)NCc1ccnc(OCC2CC2)c1. The molecule has 0 radical (unpaired) electrons. The molecule has 25 heavy (non-hydrogen) atoms. The van der Waals surface area contributed by atoms with Crippen LogP contribution in [-0.4, -0.2) is 22.6 Å². The van der Waals surface area contributed by atoms with Crippen molar-refractivity contribution in [3.8, 4) is 5.88 Å². The van der Waals surface area contributed by atoms with Crippen molar-refractivity contribution >= 4 is 5.91 Å². The summed E-state index contributed by atoms with van der Waals surface area (Å²) >= 11 is 0. The summed E-state index contributed by atoms with van der Waals surface area (Å²) in [6.07, 6.45) is 2.91. The summed E-state index contributed by atoms with van der Waals surface area (Å²) in [5.41, 5.74) is 1.25. The Hall–Kier alpha value is -2.47. The molecule has 0 saturated heterocycles. The average Bonchev–Trinajstić information content (AvgIpc) is 3.43. The van der Waals surface area contributed by atoms with Crippen LogP contribution in [0.3, 0.4) is 0 Å². The molecule has 1 saturated carbocycles. The number of halogens is 1. The van der Waals surface area contributed by atoms with Crippen LogP contribution in [0.1, 0.15) is 36.5 Å². The Labute approximate surface area is 145 Å². The normalized spacial score (nSPS) is 14.8. The highest BCUT2D eigenvalue weighted by atomic mass is 19.1. The molecule has 1 unspecified atom stereocenters. The summed E-state index contributed by atoms with van der Waals surface area (Å²) in [5, 5.41) is 12.8. The van der Waals surface area contributed by atoms with Crippen molar-refractivity contribution in [1.82, 2.24) is 10.3 Å². The van der Waals surface area contributed by atoms with Gasteiger partial charge in [-0.1, -0.05) is 12.1 Å². The third-order valence-corrected chi connectivity index (χ3v) is 4.06. The Kier molecular flexibility index (Phi) is 5.60. The topological polar surface area (TPSA) is 71.5 Å². The van der Waals surface area contributed by atoms with E-state index < -0.39 is 11.9 Å². The minimum Gasteiger partial charge on any atom is -0.477 e. The fourth-order valence-electron chi connectivity index (χ4n) is 2.41. The van der Waals surface area contributed by atoms with Crippen molar-refractivity contribution in [2.45, 2.75) is 31.9 Å². The number of benzene rings is 1. The Morgan fingerprint density at radius 1 is 1.36 bits per heavy atom. The molecule has 132 valence electrons. The van der Waals surface area contributed by atoms with Gasteiger partial charge in [0.1, 0.15) is 5.82 Å². The van der Waals surface area contributed by atoms with Gasteiger partial charge in [0, 0.05) is 18.8 Å². The zero-order valence-electron chi connectivity index (χ0n) is 13.8. The number of hydrogen-bond donors (Lipinski definition) is 2. The van der Waals surface area contributed by atoms with E-state index in [4.69, 9.17) is 4.74 Å². The van der Waals surface area contributed by atoms with Crippen LogP contribution in [0.5, 0.6) is 5.88 Å². The van der Waals surface area contributed by atoms with Crippen molar-refractivity contribution in [3.63, 3.8) is 0 Å². The summed E-state index contributed by atoms with van der Waals surface area (Å²) in [5.74, 6) is 0.453. The summed E-state index contributed by atoms with van der Waals surface area (Å²) in [6, 6.07) is 9.21. The molecule has 1 fully saturated rings. The number of rotatable bonds is 8. The first-order valence-corrected chi connectivity index (χ1v) is 8.38. The number of amides is 1. The molecule has 3 rings (SSSR count). The van der Waals surface area contributed by atoms with Gasteiger partial charge in [-0.25, -0.2) is 9.37 Å². The monoisotopic (exact) mass is 344 g/mol. The van der Waals surface area contributed by atoms with E-state index in [1.807, 2.05) is 0 Å². The van der Waals surface area contributed by atoms with Crippen molar-refractivity contribution in [2.24, 2.45) is 5.92 Å². The quantitative estimate of drug-likeness (QED) is 0.772. The molecule has 1 amide bonds. The lowest BCUT2D eigenvalue weighted by molar-refractivity contribution is -0.123. The largest absolute Gasteiger partial charge is 0.477 e. The van der Waals surface area contributed by atoms with Gasteiger partial charge in [0.05, 0.1) is 19.1 Å². The van der Waals surface area contributed by atoms with Crippen LogP contribution in [0.4, 0.5) is 4.39 Å². The lowest BCUT2D eigenvalue weighted by Gasteiger charge is -2.12. The first-order chi connectivity index (χ1) is 12.1. The van der Waals surface area contributed by atoms with Crippen LogP contribution in [0.2, 0.25) is 0 Å². The second kappa shape index (κ2) is 8.07. The molecular formula is C19H21FN2O3. The Balaban J connectivity index is 1.47. The first kappa shape index (κ1) is 17.4. The number of carbonyl (C=O) groups is 1.